The molecule has 4 rings (SSSR count). The first-order valence-corrected chi connectivity index (χ1v) is 8.62. The van der Waals surface area contributed by atoms with Crippen molar-refractivity contribution >= 4 is 22.6 Å². The van der Waals surface area contributed by atoms with Crippen LogP contribution in [0.15, 0.2) is 30.3 Å². The zero-order chi connectivity index (χ0) is 19.8. The Labute approximate surface area is 164 Å². The Balaban J connectivity index is 1.76. The van der Waals surface area contributed by atoms with Crippen molar-refractivity contribution in [2.75, 3.05) is 21.3 Å². The fraction of sp³-hybridized carbons (Fsp3) is 0.158. The van der Waals surface area contributed by atoms with Crippen molar-refractivity contribution in [1.29, 1.82) is 0 Å². The zero-order valence-electron chi connectivity index (χ0n) is 15.3. The molecule has 2 aromatic heterocycles. The van der Waals surface area contributed by atoms with Gasteiger partial charge in [-0.1, -0.05) is 11.6 Å². The average Bonchev–Trinajstić information content (AvgIpc) is 3.34. The van der Waals surface area contributed by atoms with Gasteiger partial charge in [0.25, 0.3) is 0 Å². The number of methoxy groups -OCH3 is 3. The summed E-state index contributed by atoms with van der Waals surface area (Å²) in [5, 5.41) is 7.29. The maximum absolute atomic E-state index is 13.7. The van der Waals surface area contributed by atoms with E-state index in [9.17, 15) is 4.39 Å². The van der Waals surface area contributed by atoms with Crippen LogP contribution in [0.4, 0.5) is 4.39 Å². The molecule has 0 fully saturated rings. The summed E-state index contributed by atoms with van der Waals surface area (Å²) in [7, 11) is 4.65. The van der Waals surface area contributed by atoms with Crippen LogP contribution in [0.3, 0.4) is 0 Å². The van der Waals surface area contributed by atoms with E-state index in [1.165, 1.54) is 12.1 Å². The summed E-state index contributed by atoms with van der Waals surface area (Å²) in [5.41, 5.74) is 3.16. The third-order valence-electron chi connectivity index (χ3n) is 4.32. The molecule has 0 bridgehead atoms. The predicted octanol–water partition coefficient (Wildman–Crippen LogP) is 4.44. The highest BCUT2D eigenvalue weighted by molar-refractivity contribution is 6.31. The molecule has 9 heteroatoms. The molecule has 0 saturated heterocycles. The Hall–Kier alpha value is -3.26. The second-order valence-corrected chi connectivity index (χ2v) is 6.36. The number of rotatable bonds is 5. The summed E-state index contributed by atoms with van der Waals surface area (Å²) >= 11 is 5.83. The molecular weight excluding hydrogens is 387 g/mol. The number of nitrogens with one attached hydrogen (secondary N) is 2. The van der Waals surface area contributed by atoms with Crippen LogP contribution in [0, 0.1) is 5.82 Å². The molecule has 144 valence electrons. The van der Waals surface area contributed by atoms with E-state index in [4.69, 9.17) is 25.8 Å². The number of H-pyrrole nitrogens is 2. The summed E-state index contributed by atoms with van der Waals surface area (Å²) in [6, 6.07) is 8.20. The molecule has 28 heavy (non-hydrogen) atoms. The number of ether oxygens (including phenoxy) is 3. The van der Waals surface area contributed by atoms with Crippen molar-refractivity contribution in [1.82, 2.24) is 20.2 Å². The Morgan fingerprint density at radius 1 is 0.964 bits per heavy atom. The van der Waals surface area contributed by atoms with Gasteiger partial charge < -0.3 is 19.2 Å². The second kappa shape index (κ2) is 7.05. The monoisotopic (exact) mass is 402 g/mol. The summed E-state index contributed by atoms with van der Waals surface area (Å²) in [6.07, 6.45) is 0. The lowest BCUT2D eigenvalue weighted by atomic mass is 10.1. The fourth-order valence-electron chi connectivity index (χ4n) is 2.95. The van der Waals surface area contributed by atoms with Crippen LogP contribution in [-0.4, -0.2) is 41.5 Å². The van der Waals surface area contributed by atoms with E-state index < -0.39 is 5.82 Å². The molecule has 0 aliphatic rings. The number of fused-ring (bicyclic) bond motifs is 1. The van der Waals surface area contributed by atoms with Gasteiger partial charge in [0.2, 0.25) is 5.75 Å². The molecule has 2 N–H and O–H groups in total. The first-order valence-electron chi connectivity index (χ1n) is 8.25. The van der Waals surface area contributed by atoms with Crippen LogP contribution < -0.4 is 14.2 Å². The molecule has 0 spiro atoms. The molecular formula is C19H16ClFN4O3. The molecule has 0 radical (unpaired) electrons. The van der Waals surface area contributed by atoms with Gasteiger partial charge in [0.1, 0.15) is 11.5 Å². The topological polar surface area (TPSA) is 85.1 Å². The molecule has 0 atom stereocenters. The lowest BCUT2D eigenvalue weighted by Crippen LogP contribution is -1.95. The largest absolute Gasteiger partial charge is 0.493 e. The van der Waals surface area contributed by atoms with Gasteiger partial charge in [0.15, 0.2) is 17.3 Å². The van der Waals surface area contributed by atoms with E-state index in [1.54, 1.807) is 33.5 Å². The third kappa shape index (κ3) is 3.01. The highest BCUT2D eigenvalue weighted by atomic mass is 35.5. The molecule has 2 heterocycles. The van der Waals surface area contributed by atoms with Crippen LogP contribution in [-0.2, 0) is 0 Å². The SMILES string of the molecule is COc1cc(-c2cc(-c3nc4cc(Cl)c(F)cc4[nH]3)[nH]n2)cc(OC)c1OC. The summed E-state index contributed by atoms with van der Waals surface area (Å²) < 4.78 is 29.8. The molecule has 4 aromatic rings. The van der Waals surface area contributed by atoms with Gasteiger partial charge in [-0.15, -0.1) is 0 Å². The van der Waals surface area contributed by atoms with Crippen molar-refractivity contribution in [2.45, 2.75) is 0 Å². The van der Waals surface area contributed by atoms with Crippen LogP contribution in [0.25, 0.3) is 33.8 Å². The lowest BCUT2D eigenvalue weighted by Gasteiger charge is -2.13. The van der Waals surface area contributed by atoms with Crippen LogP contribution >= 0.6 is 11.6 Å². The standard InChI is InChI=1S/C19H16ClFN4O3/c1-26-16-4-9(5-17(27-2)18(16)28-3)12-8-15(25-24-12)19-22-13-6-10(20)11(21)7-14(13)23-19/h4-8H,1-3H3,(H,22,23)(H,24,25). The van der Waals surface area contributed by atoms with E-state index >= 15 is 0 Å². The molecule has 7 nitrogen and oxygen atoms in total. The van der Waals surface area contributed by atoms with E-state index in [-0.39, 0.29) is 5.02 Å². The Kier molecular flexibility index (Phi) is 4.56. The molecule has 2 aromatic carbocycles. The van der Waals surface area contributed by atoms with E-state index in [1.807, 2.05) is 6.07 Å². The van der Waals surface area contributed by atoms with Crippen LogP contribution in [0.1, 0.15) is 0 Å². The van der Waals surface area contributed by atoms with Gasteiger partial charge in [-0.3, -0.25) is 5.10 Å². The molecule has 0 aliphatic carbocycles. The Morgan fingerprint density at radius 3 is 2.32 bits per heavy atom. The minimum absolute atomic E-state index is 0.0215. The number of hydrogen-bond acceptors (Lipinski definition) is 5. The second-order valence-electron chi connectivity index (χ2n) is 5.95. The summed E-state index contributed by atoms with van der Waals surface area (Å²) in [5.74, 6) is 1.56. The van der Waals surface area contributed by atoms with Crippen molar-refractivity contribution in [3.8, 4) is 40.0 Å². The van der Waals surface area contributed by atoms with Crippen LogP contribution in [0.2, 0.25) is 5.02 Å². The fourth-order valence-corrected chi connectivity index (χ4v) is 3.11. The van der Waals surface area contributed by atoms with Crippen molar-refractivity contribution in [2.24, 2.45) is 0 Å². The minimum atomic E-state index is -0.507. The smallest absolute Gasteiger partial charge is 0.203 e. The summed E-state index contributed by atoms with van der Waals surface area (Å²) in [4.78, 5) is 7.50. The van der Waals surface area contributed by atoms with Crippen molar-refractivity contribution in [3.63, 3.8) is 0 Å². The number of benzene rings is 2. The first-order chi connectivity index (χ1) is 13.5. The maximum atomic E-state index is 13.7. The predicted molar refractivity (Wildman–Crippen MR) is 104 cm³/mol. The number of aromatic nitrogens is 4. The highest BCUT2D eigenvalue weighted by Crippen LogP contribution is 2.41. The van der Waals surface area contributed by atoms with Gasteiger partial charge in [0.05, 0.1) is 43.1 Å². The molecule has 0 aliphatic heterocycles. The molecule has 0 amide bonds. The third-order valence-corrected chi connectivity index (χ3v) is 4.61. The number of hydrogen-bond donors (Lipinski definition) is 2. The van der Waals surface area contributed by atoms with Gasteiger partial charge in [-0.25, -0.2) is 9.37 Å². The van der Waals surface area contributed by atoms with Gasteiger partial charge in [-0.05, 0) is 24.3 Å². The normalized spacial score (nSPS) is 11.0. The first kappa shape index (κ1) is 18.1. The van der Waals surface area contributed by atoms with Crippen LogP contribution in [0.5, 0.6) is 17.2 Å². The van der Waals surface area contributed by atoms with Gasteiger partial charge in [-0.2, -0.15) is 5.10 Å². The molecule has 0 unspecified atom stereocenters. The quantitative estimate of drug-likeness (QED) is 0.515. The van der Waals surface area contributed by atoms with Crippen molar-refractivity contribution in [3.05, 3.63) is 41.2 Å². The number of aromatic amines is 2. The zero-order valence-corrected chi connectivity index (χ0v) is 16.0. The highest BCUT2D eigenvalue weighted by Gasteiger charge is 2.17. The number of nitrogens with zero attached hydrogens (tertiary/aromatic N) is 2. The summed E-state index contributed by atoms with van der Waals surface area (Å²) in [6.45, 7) is 0. The van der Waals surface area contributed by atoms with E-state index in [2.05, 4.69) is 20.2 Å². The molecule has 0 saturated carbocycles. The average molecular weight is 403 g/mol. The maximum Gasteiger partial charge on any atom is 0.203 e. The Bertz CT molecular complexity index is 1110. The van der Waals surface area contributed by atoms with E-state index in [0.717, 1.165) is 5.56 Å². The minimum Gasteiger partial charge on any atom is -0.493 e. The van der Waals surface area contributed by atoms with Crippen molar-refractivity contribution < 1.29 is 18.6 Å². The lowest BCUT2D eigenvalue weighted by molar-refractivity contribution is 0.324. The van der Waals surface area contributed by atoms with Gasteiger partial charge >= 0.3 is 0 Å². The van der Waals surface area contributed by atoms with Gasteiger partial charge in [0, 0.05) is 11.6 Å². The Morgan fingerprint density at radius 2 is 1.68 bits per heavy atom. The number of halogens is 2. The van der Waals surface area contributed by atoms with E-state index in [0.29, 0.717) is 45.5 Å². The number of imidazole rings is 1.